The highest BCUT2D eigenvalue weighted by molar-refractivity contribution is 5.85. The van der Waals surface area contributed by atoms with E-state index in [1.807, 2.05) is 18.2 Å². The molecule has 2 saturated carbocycles. The van der Waals surface area contributed by atoms with Crippen LogP contribution in [0, 0.1) is 11.3 Å². The number of carbonyl (C=O) groups excluding carboxylic acids is 1. The first-order chi connectivity index (χ1) is 10.6. The van der Waals surface area contributed by atoms with Crippen LogP contribution in [0.2, 0.25) is 0 Å². The third kappa shape index (κ3) is 3.33. The molecule has 4 heteroatoms. The molecule has 0 aromatic heterocycles. The van der Waals surface area contributed by atoms with Crippen molar-refractivity contribution in [3.8, 4) is 0 Å². The summed E-state index contributed by atoms with van der Waals surface area (Å²) in [4.78, 5) is 12.6. The van der Waals surface area contributed by atoms with Gasteiger partial charge >= 0.3 is 0 Å². The van der Waals surface area contributed by atoms with E-state index in [-0.39, 0.29) is 23.5 Å². The molecular weight excluding hydrogens is 278 g/mol. The van der Waals surface area contributed by atoms with E-state index in [1.54, 1.807) is 7.11 Å². The zero-order chi connectivity index (χ0) is 15.6. The van der Waals surface area contributed by atoms with Crippen LogP contribution in [0.25, 0.3) is 0 Å². The van der Waals surface area contributed by atoms with E-state index in [4.69, 9.17) is 4.74 Å². The lowest BCUT2D eigenvalue weighted by Gasteiger charge is -2.38. The van der Waals surface area contributed by atoms with Gasteiger partial charge < -0.3 is 15.2 Å². The number of ether oxygens (including phenoxy) is 1. The lowest BCUT2D eigenvalue weighted by molar-refractivity contribution is -0.130. The van der Waals surface area contributed by atoms with Gasteiger partial charge in [0.05, 0.1) is 18.1 Å². The van der Waals surface area contributed by atoms with Crippen LogP contribution in [0.1, 0.15) is 31.2 Å². The van der Waals surface area contributed by atoms with E-state index >= 15 is 0 Å². The standard InChI is InChI=1S/C18H25NO3/c1-22-12-18(7-8-18)17(21)19-16(14-10-15(20)11-14)9-13-5-3-2-4-6-13/h2-6,14-16,20H,7-12H2,1H3,(H,19,21). The number of benzene rings is 1. The van der Waals surface area contributed by atoms with Gasteiger partial charge in [-0.1, -0.05) is 30.3 Å². The molecule has 0 saturated heterocycles. The molecule has 2 fully saturated rings. The van der Waals surface area contributed by atoms with Gasteiger partial charge in [0.25, 0.3) is 0 Å². The molecule has 2 N–H and O–H groups in total. The average Bonchev–Trinajstić information content (AvgIpc) is 3.26. The summed E-state index contributed by atoms with van der Waals surface area (Å²) in [6, 6.07) is 10.3. The monoisotopic (exact) mass is 303 g/mol. The Morgan fingerprint density at radius 1 is 1.36 bits per heavy atom. The number of rotatable bonds is 7. The molecule has 1 aromatic rings. The van der Waals surface area contributed by atoms with Crippen LogP contribution in [-0.4, -0.2) is 36.9 Å². The number of nitrogens with one attached hydrogen (secondary N) is 1. The van der Waals surface area contributed by atoms with Crippen molar-refractivity contribution in [2.45, 2.75) is 44.2 Å². The molecule has 1 unspecified atom stereocenters. The van der Waals surface area contributed by atoms with Crippen LogP contribution in [0.15, 0.2) is 30.3 Å². The molecule has 0 radical (unpaired) electrons. The minimum atomic E-state index is -0.300. The number of methoxy groups -OCH3 is 1. The van der Waals surface area contributed by atoms with Crippen LogP contribution in [0.5, 0.6) is 0 Å². The molecule has 0 aliphatic heterocycles. The summed E-state index contributed by atoms with van der Waals surface area (Å²) in [5.74, 6) is 0.495. The predicted octanol–water partition coefficient (Wildman–Crippen LogP) is 1.91. The Bertz CT molecular complexity index is 506. The Kier molecular flexibility index (Phi) is 4.50. The van der Waals surface area contributed by atoms with Gasteiger partial charge in [0.15, 0.2) is 0 Å². The maximum absolute atomic E-state index is 12.6. The second kappa shape index (κ2) is 6.39. The molecule has 0 heterocycles. The SMILES string of the molecule is COCC1(C(=O)NC(Cc2ccccc2)C2CC(O)C2)CC1. The van der Waals surface area contributed by atoms with Crippen LogP contribution >= 0.6 is 0 Å². The summed E-state index contributed by atoms with van der Waals surface area (Å²) in [6.07, 6.45) is 4.03. The van der Waals surface area contributed by atoms with E-state index in [0.717, 1.165) is 32.1 Å². The Labute approximate surface area is 131 Å². The Balaban J connectivity index is 1.65. The molecule has 0 spiro atoms. The van der Waals surface area contributed by atoms with Crippen molar-refractivity contribution >= 4 is 5.91 Å². The molecule has 22 heavy (non-hydrogen) atoms. The van der Waals surface area contributed by atoms with Crippen LogP contribution < -0.4 is 5.32 Å². The topological polar surface area (TPSA) is 58.6 Å². The number of aliphatic hydroxyl groups is 1. The fraction of sp³-hybridized carbons (Fsp3) is 0.611. The lowest BCUT2D eigenvalue weighted by Crippen LogP contribution is -2.50. The molecule has 4 nitrogen and oxygen atoms in total. The molecule has 0 bridgehead atoms. The normalized spacial score (nSPS) is 26.8. The zero-order valence-corrected chi connectivity index (χ0v) is 13.1. The molecule has 3 rings (SSSR count). The van der Waals surface area contributed by atoms with E-state index in [9.17, 15) is 9.90 Å². The maximum Gasteiger partial charge on any atom is 0.228 e. The van der Waals surface area contributed by atoms with E-state index in [0.29, 0.717) is 12.5 Å². The van der Waals surface area contributed by atoms with Gasteiger partial charge in [-0.25, -0.2) is 0 Å². The quantitative estimate of drug-likeness (QED) is 0.809. The largest absolute Gasteiger partial charge is 0.393 e. The third-order valence-corrected chi connectivity index (χ3v) is 5.09. The highest BCUT2D eigenvalue weighted by Crippen LogP contribution is 2.46. The second-order valence-electron chi connectivity index (χ2n) is 6.87. The molecule has 1 amide bonds. The van der Waals surface area contributed by atoms with Gasteiger partial charge in [-0.2, -0.15) is 0 Å². The first kappa shape index (κ1) is 15.5. The van der Waals surface area contributed by atoms with Gasteiger partial charge in [0.1, 0.15) is 0 Å². The Hall–Kier alpha value is -1.39. The Morgan fingerprint density at radius 2 is 2.05 bits per heavy atom. The molecule has 2 aliphatic rings. The summed E-state index contributed by atoms with van der Waals surface area (Å²) in [5, 5.41) is 12.8. The number of hydrogen-bond acceptors (Lipinski definition) is 3. The van der Waals surface area contributed by atoms with Crippen molar-refractivity contribution in [2.75, 3.05) is 13.7 Å². The lowest BCUT2D eigenvalue weighted by atomic mass is 9.75. The first-order valence-electron chi connectivity index (χ1n) is 8.15. The van der Waals surface area contributed by atoms with Crippen molar-refractivity contribution in [2.24, 2.45) is 11.3 Å². The number of hydrogen-bond donors (Lipinski definition) is 2. The van der Waals surface area contributed by atoms with Crippen molar-refractivity contribution in [1.82, 2.24) is 5.32 Å². The maximum atomic E-state index is 12.6. The molecule has 120 valence electrons. The minimum absolute atomic E-state index is 0.104. The molecule has 1 atom stereocenters. The fourth-order valence-corrected chi connectivity index (χ4v) is 3.35. The van der Waals surface area contributed by atoms with E-state index < -0.39 is 0 Å². The Morgan fingerprint density at radius 3 is 2.59 bits per heavy atom. The average molecular weight is 303 g/mol. The number of carbonyl (C=O) groups is 1. The van der Waals surface area contributed by atoms with Crippen molar-refractivity contribution in [1.29, 1.82) is 0 Å². The number of aliphatic hydroxyl groups excluding tert-OH is 1. The van der Waals surface area contributed by atoms with Crippen LogP contribution in [0.4, 0.5) is 0 Å². The molecular formula is C18H25NO3. The molecule has 1 aromatic carbocycles. The second-order valence-corrected chi connectivity index (χ2v) is 6.87. The summed E-state index contributed by atoms with van der Waals surface area (Å²) >= 11 is 0. The third-order valence-electron chi connectivity index (χ3n) is 5.09. The minimum Gasteiger partial charge on any atom is -0.393 e. The van der Waals surface area contributed by atoms with Gasteiger partial charge in [-0.15, -0.1) is 0 Å². The van der Waals surface area contributed by atoms with Crippen molar-refractivity contribution in [3.05, 3.63) is 35.9 Å². The van der Waals surface area contributed by atoms with Crippen LogP contribution in [-0.2, 0) is 16.0 Å². The molecule has 2 aliphatic carbocycles. The van der Waals surface area contributed by atoms with Crippen molar-refractivity contribution < 1.29 is 14.6 Å². The smallest absolute Gasteiger partial charge is 0.228 e. The van der Waals surface area contributed by atoms with Gasteiger partial charge in [0, 0.05) is 13.2 Å². The summed E-state index contributed by atoms with van der Waals surface area (Å²) < 4.78 is 5.21. The highest BCUT2D eigenvalue weighted by atomic mass is 16.5. The van der Waals surface area contributed by atoms with Crippen LogP contribution in [0.3, 0.4) is 0 Å². The first-order valence-corrected chi connectivity index (χ1v) is 8.15. The summed E-state index contributed by atoms with van der Waals surface area (Å²) in [7, 11) is 1.65. The van der Waals surface area contributed by atoms with E-state index in [1.165, 1.54) is 5.56 Å². The fourth-order valence-electron chi connectivity index (χ4n) is 3.35. The van der Waals surface area contributed by atoms with E-state index in [2.05, 4.69) is 17.4 Å². The van der Waals surface area contributed by atoms with Gasteiger partial charge in [-0.05, 0) is 43.6 Å². The van der Waals surface area contributed by atoms with Gasteiger partial charge in [-0.3, -0.25) is 4.79 Å². The predicted molar refractivity (Wildman–Crippen MR) is 84.4 cm³/mol. The van der Waals surface area contributed by atoms with Gasteiger partial charge in [0.2, 0.25) is 5.91 Å². The van der Waals surface area contributed by atoms with Crippen molar-refractivity contribution in [3.63, 3.8) is 0 Å². The zero-order valence-electron chi connectivity index (χ0n) is 13.1. The number of amides is 1. The summed E-state index contributed by atoms with van der Waals surface area (Å²) in [5.41, 5.74) is 0.928. The summed E-state index contributed by atoms with van der Waals surface area (Å²) in [6.45, 7) is 0.504. The highest BCUT2D eigenvalue weighted by Gasteiger charge is 2.51.